The SMILES string of the molecule is CCc1cc2c(cc1C(C)CN)OCCCO2. The fraction of sp³-hybridized carbons (Fsp3) is 0.571. The van der Waals surface area contributed by atoms with E-state index in [9.17, 15) is 0 Å². The van der Waals surface area contributed by atoms with Crippen LogP contribution in [-0.2, 0) is 6.42 Å². The third kappa shape index (κ3) is 2.55. The smallest absolute Gasteiger partial charge is 0.161 e. The van der Waals surface area contributed by atoms with Crippen molar-refractivity contribution in [3.63, 3.8) is 0 Å². The minimum absolute atomic E-state index is 0.363. The fourth-order valence-electron chi connectivity index (χ4n) is 2.16. The lowest BCUT2D eigenvalue weighted by Crippen LogP contribution is -2.11. The van der Waals surface area contributed by atoms with E-state index in [1.165, 1.54) is 11.1 Å². The third-order valence-corrected chi connectivity index (χ3v) is 3.27. The van der Waals surface area contributed by atoms with Crippen molar-refractivity contribution in [2.24, 2.45) is 5.73 Å². The zero-order valence-corrected chi connectivity index (χ0v) is 10.7. The largest absolute Gasteiger partial charge is 0.490 e. The van der Waals surface area contributed by atoms with Crippen LogP contribution in [0.3, 0.4) is 0 Å². The molecule has 0 fully saturated rings. The topological polar surface area (TPSA) is 44.5 Å². The summed E-state index contributed by atoms with van der Waals surface area (Å²) in [5, 5.41) is 0. The Morgan fingerprint density at radius 1 is 1.24 bits per heavy atom. The van der Waals surface area contributed by atoms with E-state index in [0.29, 0.717) is 12.5 Å². The Labute approximate surface area is 103 Å². The van der Waals surface area contributed by atoms with Crippen LogP contribution in [0.4, 0.5) is 0 Å². The van der Waals surface area contributed by atoms with E-state index < -0.39 is 0 Å². The van der Waals surface area contributed by atoms with Gasteiger partial charge in [-0.2, -0.15) is 0 Å². The van der Waals surface area contributed by atoms with Crippen molar-refractivity contribution < 1.29 is 9.47 Å². The van der Waals surface area contributed by atoms with Crippen molar-refractivity contribution in [2.45, 2.75) is 32.6 Å². The Kier molecular flexibility index (Phi) is 3.89. The second-order valence-electron chi connectivity index (χ2n) is 4.54. The lowest BCUT2D eigenvalue weighted by Gasteiger charge is -2.17. The summed E-state index contributed by atoms with van der Waals surface area (Å²) in [7, 11) is 0. The summed E-state index contributed by atoms with van der Waals surface area (Å²) in [6, 6.07) is 4.22. The number of ether oxygens (including phenoxy) is 2. The molecule has 1 aromatic carbocycles. The average molecular weight is 235 g/mol. The highest BCUT2D eigenvalue weighted by Crippen LogP contribution is 2.35. The van der Waals surface area contributed by atoms with Crippen LogP contribution in [0.15, 0.2) is 12.1 Å². The maximum Gasteiger partial charge on any atom is 0.161 e. The van der Waals surface area contributed by atoms with Gasteiger partial charge in [0, 0.05) is 6.42 Å². The maximum atomic E-state index is 5.76. The summed E-state index contributed by atoms with van der Waals surface area (Å²) >= 11 is 0. The van der Waals surface area contributed by atoms with Crippen LogP contribution < -0.4 is 15.2 Å². The molecule has 17 heavy (non-hydrogen) atoms. The standard InChI is InChI=1S/C14H21NO2/c1-3-11-7-13-14(17-6-4-5-16-13)8-12(11)10(2)9-15/h7-8,10H,3-6,9,15H2,1-2H3. The molecule has 1 atom stereocenters. The van der Waals surface area contributed by atoms with Crippen molar-refractivity contribution in [1.82, 2.24) is 0 Å². The number of rotatable bonds is 3. The van der Waals surface area contributed by atoms with Crippen molar-refractivity contribution in [3.8, 4) is 11.5 Å². The van der Waals surface area contributed by atoms with Crippen molar-refractivity contribution in [1.29, 1.82) is 0 Å². The first-order chi connectivity index (χ1) is 8.26. The molecule has 0 saturated heterocycles. The van der Waals surface area contributed by atoms with Gasteiger partial charge in [0.05, 0.1) is 13.2 Å². The predicted octanol–water partition coefficient (Wildman–Crippen LogP) is 2.47. The van der Waals surface area contributed by atoms with E-state index in [4.69, 9.17) is 15.2 Å². The van der Waals surface area contributed by atoms with Gasteiger partial charge in [-0.1, -0.05) is 13.8 Å². The molecule has 1 aliphatic rings. The van der Waals surface area contributed by atoms with Gasteiger partial charge in [0.1, 0.15) is 0 Å². The molecular formula is C14H21NO2. The summed E-state index contributed by atoms with van der Waals surface area (Å²) in [4.78, 5) is 0. The van der Waals surface area contributed by atoms with Gasteiger partial charge >= 0.3 is 0 Å². The first-order valence-corrected chi connectivity index (χ1v) is 6.38. The predicted molar refractivity (Wildman–Crippen MR) is 68.9 cm³/mol. The molecule has 2 N–H and O–H groups in total. The zero-order chi connectivity index (χ0) is 12.3. The summed E-state index contributed by atoms with van der Waals surface area (Å²) in [5.41, 5.74) is 8.37. The first-order valence-electron chi connectivity index (χ1n) is 6.38. The molecule has 1 aromatic rings. The van der Waals surface area contributed by atoms with E-state index in [2.05, 4.69) is 26.0 Å². The molecule has 2 rings (SSSR count). The van der Waals surface area contributed by atoms with Gasteiger partial charge in [-0.25, -0.2) is 0 Å². The molecule has 0 radical (unpaired) electrons. The lowest BCUT2D eigenvalue weighted by atomic mass is 9.93. The fourth-order valence-corrected chi connectivity index (χ4v) is 2.16. The molecule has 0 bridgehead atoms. The first kappa shape index (κ1) is 12.2. The van der Waals surface area contributed by atoms with E-state index in [0.717, 1.165) is 37.6 Å². The van der Waals surface area contributed by atoms with Gasteiger partial charge in [-0.05, 0) is 42.1 Å². The quantitative estimate of drug-likeness (QED) is 0.875. The Bertz CT molecular complexity index is 390. The van der Waals surface area contributed by atoms with Crippen LogP contribution >= 0.6 is 0 Å². The van der Waals surface area contributed by atoms with E-state index in [-0.39, 0.29) is 0 Å². The zero-order valence-electron chi connectivity index (χ0n) is 10.7. The minimum Gasteiger partial charge on any atom is -0.490 e. The maximum absolute atomic E-state index is 5.76. The second kappa shape index (κ2) is 5.41. The number of hydrogen-bond acceptors (Lipinski definition) is 3. The molecule has 1 heterocycles. The Morgan fingerprint density at radius 3 is 2.47 bits per heavy atom. The van der Waals surface area contributed by atoms with Gasteiger partial charge in [-0.15, -0.1) is 0 Å². The molecule has 1 aliphatic heterocycles. The van der Waals surface area contributed by atoms with Gasteiger partial charge in [0.25, 0.3) is 0 Å². The monoisotopic (exact) mass is 235 g/mol. The number of nitrogens with two attached hydrogens (primary N) is 1. The minimum atomic E-state index is 0.363. The highest BCUT2D eigenvalue weighted by Gasteiger charge is 2.16. The molecule has 3 nitrogen and oxygen atoms in total. The number of hydrogen-bond donors (Lipinski definition) is 1. The van der Waals surface area contributed by atoms with Crippen LogP contribution in [0.1, 0.15) is 37.3 Å². The van der Waals surface area contributed by atoms with E-state index in [1.54, 1.807) is 0 Å². The Hall–Kier alpha value is -1.22. The van der Waals surface area contributed by atoms with Gasteiger partial charge in [-0.3, -0.25) is 0 Å². The summed E-state index contributed by atoms with van der Waals surface area (Å²) in [6.45, 7) is 6.44. The molecule has 1 unspecified atom stereocenters. The Balaban J connectivity index is 2.42. The van der Waals surface area contributed by atoms with E-state index >= 15 is 0 Å². The van der Waals surface area contributed by atoms with Gasteiger partial charge in [0.2, 0.25) is 0 Å². The number of benzene rings is 1. The Morgan fingerprint density at radius 2 is 1.88 bits per heavy atom. The molecule has 94 valence electrons. The molecule has 0 amide bonds. The molecule has 3 heteroatoms. The van der Waals surface area contributed by atoms with Gasteiger partial charge in [0.15, 0.2) is 11.5 Å². The van der Waals surface area contributed by atoms with Crippen LogP contribution in [0.25, 0.3) is 0 Å². The molecular weight excluding hydrogens is 214 g/mol. The second-order valence-corrected chi connectivity index (χ2v) is 4.54. The van der Waals surface area contributed by atoms with E-state index in [1.807, 2.05) is 0 Å². The molecule has 0 aliphatic carbocycles. The normalized spacial score (nSPS) is 16.4. The van der Waals surface area contributed by atoms with Crippen molar-refractivity contribution in [3.05, 3.63) is 23.3 Å². The van der Waals surface area contributed by atoms with Crippen molar-refractivity contribution >= 4 is 0 Å². The van der Waals surface area contributed by atoms with Crippen LogP contribution in [-0.4, -0.2) is 19.8 Å². The van der Waals surface area contributed by atoms with Crippen LogP contribution in [0, 0.1) is 0 Å². The summed E-state index contributed by atoms with van der Waals surface area (Å²) in [5.74, 6) is 2.12. The number of fused-ring (bicyclic) bond motifs is 1. The van der Waals surface area contributed by atoms with Crippen LogP contribution in [0.5, 0.6) is 11.5 Å². The summed E-state index contributed by atoms with van der Waals surface area (Å²) in [6.07, 6.45) is 1.94. The highest BCUT2D eigenvalue weighted by molar-refractivity contribution is 5.49. The highest BCUT2D eigenvalue weighted by atomic mass is 16.5. The average Bonchev–Trinajstić information content (AvgIpc) is 2.60. The molecule has 0 saturated carbocycles. The van der Waals surface area contributed by atoms with Gasteiger partial charge < -0.3 is 15.2 Å². The third-order valence-electron chi connectivity index (χ3n) is 3.27. The molecule has 0 spiro atoms. The summed E-state index contributed by atoms with van der Waals surface area (Å²) < 4.78 is 11.4. The number of aryl methyl sites for hydroxylation is 1. The molecule has 0 aromatic heterocycles. The lowest BCUT2D eigenvalue weighted by molar-refractivity contribution is 0.297. The van der Waals surface area contributed by atoms with Crippen LogP contribution in [0.2, 0.25) is 0 Å². The van der Waals surface area contributed by atoms with Crippen molar-refractivity contribution in [2.75, 3.05) is 19.8 Å².